The van der Waals surface area contributed by atoms with Crippen molar-refractivity contribution in [3.8, 4) is 0 Å². The second-order valence-corrected chi connectivity index (χ2v) is 4.43. The van der Waals surface area contributed by atoms with Crippen molar-refractivity contribution < 1.29 is 14.6 Å². The predicted octanol–water partition coefficient (Wildman–Crippen LogP) is -0.474. The molecule has 0 saturated carbocycles. The molecule has 3 N–H and O–H groups in total. The molecule has 2 rings (SSSR count). The lowest BCUT2D eigenvalue weighted by Crippen LogP contribution is -2.44. The Kier molecular flexibility index (Phi) is 4.46. The summed E-state index contributed by atoms with van der Waals surface area (Å²) in [5.41, 5.74) is 0.591. The molecule has 5 nitrogen and oxygen atoms in total. The Balaban J connectivity index is 2.09. The zero-order valence-electron chi connectivity index (χ0n) is 10.1. The zero-order valence-corrected chi connectivity index (χ0v) is 10.1. The third-order valence-corrected chi connectivity index (χ3v) is 2.98. The summed E-state index contributed by atoms with van der Waals surface area (Å²) in [4.78, 5) is 6.02. The van der Waals surface area contributed by atoms with Crippen molar-refractivity contribution in [3.05, 3.63) is 23.6 Å². The molecule has 1 atom stereocenters. The Morgan fingerprint density at radius 2 is 2.17 bits per heavy atom. The van der Waals surface area contributed by atoms with Crippen molar-refractivity contribution in [1.82, 2.24) is 10.3 Å². The summed E-state index contributed by atoms with van der Waals surface area (Å²) in [7, 11) is 0. The number of nitrogens with zero attached hydrogens (tertiary/aromatic N) is 2. The van der Waals surface area contributed by atoms with Crippen molar-refractivity contribution in [2.45, 2.75) is 12.5 Å². The highest BCUT2D eigenvalue weighted by Crippen LogP contribution is 2.18. The van der Waals surface area contributed by atoms with Gasteiger partial charge in [-0.1, -0.05) is 0 Å². The van der Waals surface area contributed by atoms with E-state index in [0.29, 0.717) is 11.4 Å². The lowest BCUT2D eigenvalue weighted by molar-refractivity contribution is 0.0954. The molecular formula is C12H18FN3O2. The van der Waals surface area contributed by atoms with Gasteiger partial charge in [0.2, 0.25) is 0 Å². The fourth-order valence-electron chi connectivity index (χ4n) is 2.03. The van der Waals surface area contributed by atoms with Crippen LogP contribution in [0.15, 0.2) is 12.3 Å². The lowest BCUT2D eigenvalue weighted by atomic mass is 10.1. The van der Waals surface area contributed by atoms with Crippen molar-refractivity contribution in [2.24, 2.45) is 0 Å². The average Bonchev–Trinajstić information content (AvgIpc) is 2.40. The quantitative estimate of drug-likeness (QED) is 0.678. The number of aliphatic hydroxyl groups is 2. The molecule has 1 aliphatic rings. The molecule has 100 valence electrons. The molecule has 0 radical (unpaired) electrons. The van der Waals surface area contributed by atoms with Crippen LogP contribution in [0.5, 0.6) is 0 Å². The first-order valence-electron chi connectivity index (χ1n) is 6.09. The number of halogens is 1. The Morgan fingerprint density at radius 1 is 1.44 bits per heavy atom. The van der Waals surface area contributed by atoms with E-state index >= 15 is 0 Å². The van der Waals surface area contributed by atoms with E-state index < -0.39 is 6.10 Å². The molecule has 0 aliphatic carbocycles. The van der Waals surface area contributed by atoms with E-state index in [9.17, 15) is 9.50 Å². The van der Waals surface area contributed by atoms with Gasteiger partial charge >= 0.3 is 0 Å². The van der Waals surface area contributed by atoms with Crippen LogP contribution in [0.3, 0.4) is 0 Å². The van der Waals surface area contributed by atoms with Crippen molar-refractivity contribution >= 4 is 5.82 Å². The molecule has 1 saturated heterocycles. The van der Waals surface area contributed by atoms with Gasteiger partial charge in [-0.15, -0.1) is 0 Å². The van der Waals surface area contributed by atoms with Crippen LogP contribution < -0.4 is 10.2 Å². The van der Waals surface area contributed by atoms with E-state index in [1.54, 1.807) is 6.20 Å². The van der Waals surface area contributed by atoms with E-state index in [0.717, 1.165) is 26.2 Å². The Hall–Kier alpha value is -1.24. The van der Waals surface area contributed by atoms with Crippen LogP contribution in [0.4, 0.5) is 10.2 Å². The van der Waals surface area contributed by atoms with Gasteiger partial charge in [-0.3, -0.25) is 0 Å². The molecule has 0 spiro atoms. The highest BCUT2D eigenvalue weighted by atomic mass is 19.1. The van der Waals surface area contributed by atoms with Gasteiger partial charge in [0.15, 0.2) is 11.6 Å². The largest absolute Gasteiger partial charge is 0.394 e. The minimum Gasteiger partial charge on any atom is -0.394 e. The summed E-state index contributed by atoms with van der Waals surface area (Å²) in [5.74, 6) is -0.0155. The number of hydrogen-bond acceptors (Lipinski definition) is 5. The van der Waals surface area contributed by atoms with E-state index in [4.69, 9.17) is 5.11 Å². The van der Waals surface area contributed by atoms with Crippen LogP contribution in [0.25, 0.3) is 0 Å². The third kappa shape index (κ3) is 3.16. The SMILES string of the molecule is OCC(O)Cc1cnc(N2CCNCC2)c(F)c1. The highest BCUT2D eigenvalue weighted by molar-refractivity contribution is 5.41. The van der Waals surface area contributed by atoms with Crippen LogP contribution in [0, 0.1) is 5.82 Å². The van der Waals surface area contributed by atoms with Crippen molar-refractivity contribution in [3.63, 3.8) is 0 Å². The van der Waals surface area contributed by atoms with Crippen LogP contribution in [-0.2, 0) is 6.42 Å². The van der Waals surface area contributed by atoms with Gasteiger partial charge in [0.05, 0.1) is 12.7 Å². The summed E-state index contributed by atoms with van der Waals surface area (Å²) in [5, 5.41) is 21.2. The molecule has 0 amide bonds. The number of aromatic nitrogens is 1. The number of anilines is 1. The summed E-state index contributed by atoms with van der Waals surface area (Å²) in [6.45, 7) is 2.80. The summed E-state index contributed by atoms with van der Waals surface area (Å²) >= 11 is 0. The van der Waals surface area contributed by atoms with Crippen molar-refractivity contribution in [2.75, 3.05) is 37.7 Å². The highest BCUT2D eigenvalue weighted by Gasteiger charge is 2.16. The molecule has 1 aliphatic heterocycles. The summed E-state index contributed by atoms with van der Waals surface area (Å²) in [6, 6.07) is 1.38. The van der Waals surface area contributed by atoms with Crippen LogP contribution in [0.1, 0.15) is 5.56 Å². The molecule has 1 fully saturated rings. The van der Waals surface area contributed by atoms with Gasteiger partial charge in [0.25, 0.3) is 0 Å². The van der Waals surface area contributed by atoms with Gasteiger partial charge in [-0.05, 0) is 11.6 Å². The van der Waals surface area contributed by atoms with Crippen LogP contribution >= 0.6 is 0 Å². The Labute approximate surface area is 105 Å². The van der Waals surface area contributed by atoms with Crippen LogP contribution in [0.2, 0.25) is 0 Å². The van der Waals surface area contributed by atoms with Gasteiger partial charge < -0.3 is 20.4 Å². The lowest BCUT2D eigenvalue weighted by Gasteiger charge is -2.28. The first-order valence-corrected chi connectivity index (χ1v) is 6.09. The minimum atomic E-state index is -0.865. The first kappa shape index (κ1) is 13.2. The topological polar surface area (TPSA) is 68.6 Å². The standard InChI is InChI=1S/C12H18FN3O2/c13-11-6-9(5-10(18)8-17)7-15-12(11)16-3-1-14-2-4-16/h6-7,10,14,17-18H,1-5,8H2. The number of aliphatic hydroxyl groups excluding tert-OH is 2. The maximum Gasteiger partial charge on any atom is 0.165 e. The minimum absolute atomic E-state index is 0.211. The van der Waals surface area contributed by atoms with E-state index in [-0.39, 0.29) is 18.8 Å². The molecule has 6 heteroatoms. The number of nitrogens with one attached hydrogen (secondary N) is 1. The molecule has 1 unspecified atom stereocenters. The Bertz CT molecular complexity index is 397. The third-order valence-electron chi connectivity index (χ3n) is 2.98. The van der Waals surface area contributed by atoms with Gasteiger partial charge in [-0.25, -0.2) is 9.37 Å². The monoisotopic (exact) mass is 255 g/mol. The predicted molar refractivity (Wildman–Crippen MR) is 66.1 cm³/mol. The van der Waals surface area contributed by atoms with E-state index in [2.05, 4.69) is 10.3 Å². The fraction of sp³-hybridized carbons (Fsp3) is 0.583. The van der Waals surface area contributed by atoms with E-state index in [1.807, 2.05) is 4.90 Å². The maximum absolute atomic E-state index is 13.9. The number of pyridine rings is 1. The molecule has 1 aromatic rings. The Morgan fingerprint density at radius 3 is 2.78 bits per heavy atom. The smallest absolute Gasteiger partial charge is 0.165 e. The number of piperazine rings is 1. The van der Waals surface area contributed by atoms with Gasteiger partial charge in [-0.2, -0.15) is 0 Å². The average molecular weight is 255 g/mol. The second kappa shape index (κ2) is 6.08. The zero-order chi connectivity index (χ0) is 13.0. The first-order chi connectivity index (χ1) is 8.70. The molecule has 1 aromatic heterocycles. The molecule has 0 aromatic carbocycles. The van der Waals surface area contributed by atoms with Gasteiger partial charge in [0, 0.05) is 38.8 Å². The maximum atomic E-state index is 13.9. The molecule has 18 heavy (non-hydrogen) atoms. The molecule has 2 heterocycles. The van der Waals surface area contributed by atoms with Gasteiger partial charge in [0.1, 0.15) is 0 Å². The summed E-state index contributed by atoms with van der Waals surface area (Å²) < 4.78 is 13.9. The number of hydrogen-bond donors (Lipinski definition) is 3. The second-order valence-electron chi connectivity index (χ2n) is 4.43. The number of rotatable bonds is 4. The van der Waals surface area contributed by atoms with E-state index in [1.165, 1.54) is 6.07 Å². The fourth-order valence-corrected chi connectivity index (χ4v) is 2.03. The molecular weight excluding hydrogens is 237 g/mol. The molecule has 0 bridgehead atoms. The normalized spacial score (nSPS) is 17.8. The van der Waals surface area contributed by atoms with Crippen LogP contribution in [-0.4, -0.2) is 54.1 Å². The van der Waals surface area contributed by atoms with Crippen molar-refractivity contribution in [1.29, 1.82) is 0 Å². The summed E-state index contributed by atoms with van der Waals surface area (Å²) in [6.07, 6.45) is 0.901.